The summed E-state index contributed by atoms with van der Waals surface area (Å²) in [5.74, 6) is -0.861. The zero-order chi connectivity index (χ0) is 21.1. The van der Waals surface area contributed by atoms with E-state index in [9.17, 15) is 14.4 Å². The standard InChI is InChI=1S/C20H22N4O5/c1-3-21-19(26)20(27)24-22-12-14-6-4-9-17(10-14)29-13-18(25)23-15-7-5-8-16(11-15)28-2/h4-12H,3,13H2,1-2H3,(H,21,26)(H,23,25)(H,24,27)/b22-12-. The van der Waals surface area contributed by atoms with Crippen molar-refractivity contribution in [1.82, 2.24) is 10.7 Å². The maximum Gasteiger partial charge on any atom is 0.329 e. The number of benzene rings is 2. The smallest absolute Gasteiger partial charge is 0.329 e. The molecule has 0 atom stereocenters. The van der Waals surface area contributed by atoms with Crippen LogP contribution in [-0.4, -0.2) is 44.2 Å². The van der Waals surface area contributed by atoms with E-state index in [2.05, 4.69) is 21.2 Å². The zero-order valence-electron chi connectivity index (χ0n) is 16.1. The maximum atomic E-state index is 12.0. The number of anilines is 1. The van der Waals surface area contributed by atoms with Gasteiger partial charge >= 0.3 is 11.8 Å². The van der Waals surface area contributed by atoms with E-state index in [4.69, 9.17) is 9.47 Å². The number of nitrogens with zero attached hydrogens (tertiary/aromatic N) is 1. The predicted octanol–water partition coefficient (Wildman–Crippen LogP) is 1.30. The Morgan fingerprint density at radius 1 is 1.03 bits per heavy atom. The Hall–Kier alpha value is -3.88. The van der Waals surface area contributed by atoms with Gasteiger partial charge in [-0.25, -0.2) is 5.43 Å². The van der Waals surface area contributed by atoms with Crippen molar-refractivity contribution in [3.63, 3.8) is 0 Å². The highest BCUT2D eigenvalue weighted by atomic mass is 16.5. The van der Waals surface area contributed by atoms with Crippen LogP contribution >= 0.6 is 0 Å². The SMILES string of the molecule is CCNC(=O)C(=O)N/N=C\c1cccc(OCC(=O)Nc2cccc(OC)c2)c1. The normalized spacial score (nSPS) is 10.3. The van der Waals surface area contributed by atoms with Gasteiger partial charge in [0.2, 0.25) is 0 Å². The van der Waals surface area contributed by atoms with Crippen molar-refractivity contribution >= 4 is 29.6 Å². The van der Waals surface area contributed by atoms with Crippen LogP contribution in [0.3, 0.4) is 0 Å². The van der Waals surface area contributed by atoms with Crippen LogP contribution in [0.2, 0.25) is 0 Å². The summed E-state index contributed by atoms with van der Waals surface area (Å²) in [4.78, 5) is 34.8. The Labute approximate surface area is 168 Å². The number of ether oxygens (including phenoxy) is 2. The molecule has 0 spiro atoms. The summed E-state index contributed by atoms with van der Waals surface area (Å²) in [6.07, 6.45) is 1.36. The number of carbonyl (C=O) groups excluding carboxylic acids is 3. The second-order valence-corrected chi connectivity index (χ2v) is 5.70. The van der Waals surface area contributed by atoms with E-state index in [0.29, 0.717) is 29.3 Å². The van der Waals surface area contributed by atoms with Gasteiger partial charge in [-0.2, -0.15) is 5.10 Å². The summed E-state index contributed by atoms with van der Waals surface area (Å²) < 4.78 is 10.6. The number of nitrogens with one attached hydrogen (secondary N) is 3. The Morgan fingerprint density at radius 2 is 1.79 bits per heavy atom. The lowest BCUT2D eigenvalue weighted by molar-refractivity contribution is -0.139. The number of carbonyl (C=O) groups is 3. The van der Waals surface area contributed by atoms with E-state index in [1.807, 2.05) is 0 Å². The highest BCUT2D eigenvalue weighted by molar-refractivity contribution is 6.35. The molecule has 2 aromatic carbocycles. The average molecular weight is 398 g/mol. The molecular formula is C20H22N4O5. The molecule has 0 aromatic heterocycles. The van der Waals surface area contributed by atoms with Crippen molar-refractivity contribution in [2.45, 2.75) is 6.92 Å². The molecule has 3 N–H and O–H groups in total. The molecule has 0 radical (unpaired) electrons. The second-order valence-electron chi connectivity index (χ2n) is 5.70. The first-order valence-electron chi connectivity index (χ1n) is 8.79. The van der Waals surface area contributed by atoms with E-state index in [-0.39, 0.29) is 12.5 Å². The van der Waals surface area contributed by atoms with Gasteiger partial charge in [0.05, 0.1) is 13.3 Å². The lowest BCUT2D eigenvalue weighted by Crippen LogP contribution is -2.37. The fourth-order valence-electron chi connectivity index (χ4n) is 2.19. The molecule has 0 unspecified atom stereocenters. The van der Waals surface area contributed by atoms with Crippen LogP contribution in [0.1, 0.15) is 12.5 Å². The summed E-state index contributed by atoms with van der Waals surface area (Å²) in [6, 6.07) is 13.7. The molecule has 0 heterocycles. The number of rotatable bonds is 8. The number of methoxy groups -OCH3 is 1. The van der Waals surface area contributed by atoms with Crippen LogP contribution in [0.15, 0.2) is 53.6 Å². The predicted molar refractivity (Wildman–Crippen MR) is 108 cm³/mol. The van der Waals surface area contributed by atoms with Crippen LogP contribution in [0, 0.1) is 0 Å². The van der Waals surface area contributed by atoms with E-state index < -0.39 is 11.8 Å². The summed E-state index contributed by atoms with van der Waals surface area (Å²) in [7, 11) is 1.55. The third kappa shape index (κ3) is 7.33. The molecule has 2 aromatic rings. The van der Waals surface area contributed by atoms with Crippen molar-refractivity contribution in [3.8, 4) is 11.5 Å². The molecule has 0 bridgehead atoms. The summed E-state index contributed by atoms with van der Waals surface area (Å²) >= 11 is 0. The largest absolute Gasteiger partial charge is 0.497 e. The first-order valence-corrected chi connectivity index (χ1v) is 8.79. The molecule has 3 amide bonds. The van der Waals surface area contributed by atoms with Gasteiger partial charge in [0.25, 0.3) is 5.91 Å². The molecule has 152 valence electrons. The Morgan fingerprint density at radius 3 is 2.55 bits per heavy atom. The number of hydrogen-bond acceptors (Lipinski definition) is 6. The van der Waals surface area contributed by atoms with Gasteiger partial charge in [-0.05, 0) is 36.8 Å². The summed E-state index contributed by atoms with van der Waals surface area (Å²) in [5, 5.41) is 8.80. The molecule has 0 fully saturated rings. The van der Waals surface area contributed by atoms with E-state index in [1.165, 1.54) is 6.21 Å². The van der Waals surface area contributed by atoms with Gasteiger partial charge < -0.3 is 20.1 Å². The monoisotopic (exact) mass is 398 g/mol. The van der Waals surface area contributed by atoms with Crippen molar-refractivity contribution in [1.29, 1.82) is 0 Å². The number of likely N-dealkylation sites (N-methyl/N-ethyl adjacent to an activating group) is 1. The Balaban J connectivity index is 1.85. The third-order valence-corrected chi connectivity index (χ3v) is 3.50. The minimum atomic E-state index is -0.857. The molecule has 2 rings (SSSR count). The van der Waals surface area contributed by atoms with Gasteiger partial charge in [-0.15, -0.1) is 0 Å². The van der Waals surface area contributed by atoms with Crippen LogP contribution < -0.4 is 25.5 Å². The molecule has 0 saturated carbocycles. The Bertz CT molecular complexity index is 898. The quantitative estimate of drug-likeness (QED) is 0.352. The van der Waals surface area contributed by atoms with Crippen LogP contribution in [-0.2, 0) is 14.4 Å². The van der Waals surface area contributed by atoms with Gasteiger partial charge in [0.15, 0.2) is 6.61 Å². The number of hydrogen-bond donors (Lipinski definition) is 3. The van der Waals surface area contributed by atoms with Crippen molar-refractivity contribution in [2.24, 2.45) is 5.10 Å². The lowest BCUT2D eigenvalue weighted by atomic mass is 10.2. The topological polar surface area (TPSA) is 118 Å². The zero-order valence-corrected chi connectivity index (χ0v) is 16.1. The molecule has 0 saturated heterocycles. The van der Waals surface area contributed by atoms with Gasteiger partial charge in [0, 0.05) is 18.3 Å². The summed E-state index contributed by atoms with van der Waals surface area (Å²) in [5.41, 5.74) is 3.34. The van der Waals surface area contributed by atoms with Crippen molar-refractivity contribution in [2.75, 3.05) is 25.6 Å². The number of amides is 3. The van der Waals surface area contributed by atoms with Gasteiger partial charge in [-0.1, -0.05) is 18.2 Å². The van der Waals surface area contributed by atoms with Crippen LogP contribution in [0.4, 0.5) is 5.69 Å². The molecule has 0 aliphatic carbocycles. The van der Waals surface area contributed by atoms with E-state index in [0.717, 1.165) is 0 Å². The molecule has 9 nitrogen and oxygen atoms in total. The maximum absolute atomic E-state index is 12.0. The highest BCUT2D eigenvalue weighted by Crippen LogP contribution is 2.17. The minimum absolute atomic E-state index is 0.189. The van der Waals surface area contributed by atoms with Crippen LogP contribution in [0.5, 0.6) is 11.5 Å². The molecule has 0 aliphatic heterocycles. The average Bonchev–Trinajstić information content (AvgIpc) is 2.73. The molecule has 0 aliphatic rings. The highest BCUT2D eigenvalue weighted by Gasteiger charge is 2.10. The fraction of sp³-hybridized carbons (Fsp3) is 0.200. The summed E-state index contributed by atoms with van der Waals surface area (Å²) in [6.45, 7) is 1.86. The first-order chi connectivity index (χ1) is 14.0. The lowest BCUT2D eigenvalue weighted by Gasteiger charge is -2.09. The van der Waals surface area contributed by atoms with Gasteiger partial charge in [0.1, 0.15) is 11.5 Å². The van der Waals surface area contributed by atoms with E-state index in [1.54, 1.807) is 62.6 Å². The van der Waals surface area contributed by atoms with Crippen molar-refractivity contribution < 1.29 is 23.9 Å². The third-order valence-electron chi connectivity index (χ3n) is 3.50. The van der Waals surface area contributed by atoms with Gasteiger partial charge in [-0.3, -0.25) is 14.4 Å². The number of hydrazone groups is 1. The second kappa shape index (κ2) is 11.1. The fourth-order valence-corrected chi connectivity index (χ4v) is 2.19. The molecule has 29 heavy (non-hydrogen) atoms. The Kier molecular flexibility index (Phi) is 8.18. The molecular weight excluding hydrogens is 376 g/mol. The first kappa shape index (κ1) is 21.4. The van der Waals surface area contributed by atoms with Crippen molar-refractivity contribution in [3.05, 3.63) is 54.1 Å². The van der Waals surface area contributed by atoms with E-state index >= 15 is 0 Å². The minimum Gasteiger partial charge on any atom is -0.497 e. The van der Waals surface area contributed by atoms with Crippen LogP contribution in [0.25, 0.3) is 0 Å². The molecule has 9 heteroatoms.